The van der Waals surface area contributed by atoms with Gasteiger partial charge in [0.05, 0.1) is 0 Å². The average molecular weight is 338 g/mol. The first-order valence-electron chi connectivity index (χ1n) is 9.16. The Kier molecular flexibility index (Phi) is 5.80. The third kappa shape index (κ3) is 4.25. The van der Waals surface area contributed by atoms with Gasteiger partial charge in [-0.05, 0) is 47.1 Å². The van der Waals surface area contributed by atoms with E-state index in [0.717, 1.165) is 22.9 Å². The minimum absolute atomic E-state index is 0.326. The minimum Gasteiger partial charge on any atom is -0.204 e. The maximum absolute atomic E-state index is 13.8. The van der Waals surface area contributed by atoms with Crippen molar-refractivity contribution in [1.82, 2.24) is 0 Å². The van der Waals surface area contributed by atoms with Gasteiger partial charge in [-0.2, -0.15) is 0 Å². The first kappa shape index (κ1) is 17.6. The second kappa shape index (κ2) is 8.24. The molecular formula is C23H24F2. The maximum Gasteiger partial charge on any atom is 0.166 e. The summed E-state index contributed by atoms with van der Waals surface area (Å²) in [4.78, 5) is 0. The Balaban J connectivity index is 1.71. The van der Waals surface area contributed by atoms with Crippen LogP contribution in [-0.2, 0) is 6.42 Å². The summed E-state index contributed by atoms with van der Waals surface area (Å²) in [7, 11) is 0. The van der Waals surface area contributed by atoms with Gasteiger partial charge in [-0.25, -0.2) is 8.78 Å². The van der Waals surface area contributed by atoms with Crippen LogP contribution in [0.5, 0.6) is 0 Å². The highest BCUT2D eigenvalue weighted by Gasteiger charge is 2.08. The summed E-state index contributed by atoms with van der Waals surface area (Å²) in [5.74, 6) is -1.58. The fourth-order valence-electron chi connectivity index (χ4n) is 3.24. The Morgan fingerprint density at radius 2 is 1.44 bits per heavy atom. The molecule has 25 heavy (non-hydrogen) atoms. The van der Waals surface area contributed by atoms with E-state index < -0.39 is 11.6 Å². The zero-order chi connectivity index (χ0) is 17.6. The predicted octanol–water partition coefficient (Wildman–Crippen LogP) is 7.30. The molecule has 0 aliphatic heterocycles. The highest BCUT2D eigenvalue weighted by atomic mass is 19.2. The number of halogens is 2. The summed E-state index contributed by atoms with van der Waals surface area (Å²) in [6, 6.07) is 16.8. The van der Waals surface area contributed by atoms with Crippen molar-refractivity contribution in [2.45, 2.75) is 45.4 Å². The zero-order valence-corrected chi connectivity index (χ0v) is 14.7. The van der Waals surface area contributed by atoms with Gasteiger partial charge in [0.1, 0.15) is 0 Å². The predicted molar refractivity (Wildman–Crippen MR) is 102 cm³/mol. The van der Waals surface area contributed by atoms with Crippen LogP contribution in [0, 0.1) is 11.6 Å². The molecule has 0 saturated heterocycles. The molecule has 0 saturated carbocycles. The lowest BCUT2D eigenvalue weighted by Gasteiger charge is -2.07. The zero-order valence-electron chi connectivity index (χ0n) is 14.7. The molecule has 0 unspecified atom stereocenters. The van der Waals surface area contributed by atoms with E-state index in [-0.39, 0.29) is 0 Å². The van der Waals surface area contributed by atoms with Crippen LogP contribution in [0.25, 0.3) is 21.9 Å². The van der Waals surface area contributed by atoms with Gasteiger partial charge >= 0.3 is 0 Å². The molecule has 0 heterocycles. The van der Waals surface area contributed by atoms with Crippen molar-refractivity contribution in [3.8, 4) is 11.1 Å². The van der Waals surface area contributed by atoms with Gasteiger partial charge in [-0.3, -0.25) is 0 Å². The summed E-state index contributed by atoms with van der Waals surface area (Å²) >= 11 is 0. The van der Waals surface area contributed by atoms with Crippen LogP contribution in [0.4, 0.5) is 8.78 Å². The number of fused-ring (bicyclic) bond motifs is 1. The van der Waals surface area contributed by atoms with Gasteiger partial charge < -0.3 is 0 Å². The van der Waals surface area contributed by atoms with Gasteiger partial charge in [0, 0.05) is 5.39 Å². The Labute approximate surface area is 148 Å². The summed E-state index contributed by atoms with van der Waals surface area (Å²) < 4.78 is 27.1. The normalized spacial score (nSPS) is 11.2. The number of hydrogen-bond donors (Lipinski definition) is 0. The van der Waals surface area contributed by atoms with Crippen molar-refractivity contribution in [1.29, 1.82) is 0 Å². The van der Waals surface area contributed by atoms with Crippen LogP contribution in [0.3, 0.4) is 0 Å². The number of hydrogen-bond acceptors (Lipinski definition) is 0. The molecule has 130 valence electrons. The number of unbranched alkanes of at least 4 members (excludes halogenated alkanes) is 4. The van der Waals surface area contributed by atoms with Crippen molar-refractivity contribution < 1.29 is 8.78 Å². The van der Waals surface area contributed by atoms with E-state index in [9.17, 15) is 8.78 Å². The fraction of sp³-hybridized carbons (Fsp3) is 0.304. The lowest BCUT2D eigenvalue weighted by molar-refractivity contribution is 0.517. The molecular weight excluding hydrogens is 314 g/mol. The van der Waals surface area contributed by atoms with Gasteiger partial charge in [-0.15, -0.1) is 0 Å². The topological polar surface area (TPSA) is 0 Å². The second-order valence-electron chi connectivity index (χ2n) is 6.66. The Hall–Kier alpha value is -2.22. The van der Waals surface area contributed by atoms with E-state index in [1.54, 1.807) is 12.1 Å². The SMILES string of the molecule is CCCCCCCc1ccc(-c2ccc3c(F)c(F)ccc3c2)cc1. The van der Waals surface area contributed by atoms with E-state index in [1.807, 2.05) is 12.1 Å². The van der Waals surface area contributed by atoms with E-state index in [2.05, 4.69) is 31.2 Å². The van der Waals surface area contributed by atoms with Crippen molar-refractivity contribution in [2.75, 3.05) is 0 Å². The standard InChI is InChI=1S/C23H24F2/c1-2-3-4-5-6-7-17-8-10-18(11-9-17)19-12-14-21-20(16-19)13-15-22(24)23(21)25/h8-16H,2-7H2,1H3. The molecule has 0 aliphatic rings. The molecule has 0 nitrogen and oxygen atoms in total. The Morgan fingerprint density at radius 1 is 0.720 bits per heavy atom. The monoisotopic (exact) mass is 338 g/mol. The third-order valence-electron chi connectivity index (χ3n) is 4.76. The lowest BCUT2D eigenvalue weighted by atomic mass is 9.98. The van der Waals surface area contributed by atoms with Gasteiger partial charge in [0.2, 0.25) is 0 Å². The smallest absolute Gasteiger partial charge is 0.166 e. The quantitative estimate of drug-likeness (QED) is 0.396. The molecule has 0 atom stereocenters. The largest absolute Gasteiger partial charge is 0.204 e. The Bertz CT molecular complexity index is 835. The van der Waals surface area contributed by atoms with Crippen LogP contribution in [0.15, 0.2) is 54.6 Å². The van der Waals surface area contributed by atoms with Crippen molar-refractivity contribution in [3.05, 3.63) is 71.8 Å². The molecule has 0 fully saturated rings. The van der Waals surface area contributed by atoms with Crippen LogP contribution in [0.2, 0.25) is 0 Å². The molecule has 0 spiro atoms. The molecule has 3 aromatic rings. The molecule has 0 N–H and O–H groups in total. The van der Waals surface area contributed by atoms with E-state index in [4.69, 9.17) is 0 Å². The highest BCUT2D eigenvalue weighted by Crippen LogP contribution is 2.27. The lowest BCUT2D eigenvalue weighted by Crippen LogP contribution is -1.88. The molecule has 0 aliphatic carbocycles. The van der Waals surface area contributed by atoms with E-state index in [0.29, 0.717) is 5.39 Å². The van der Waals surface area contributed by atoms with Crippen LogP contribution >= 0.6 is 0 Å². The van der Waals surface area contributed by atoms with Crippen LogP contribution < -0.4 is 0 Å². The van der Waals surface area contributed by atoms with Crippen molar-refractivity contribution >= 4 is 10.8 Å². The summed E-state index contributed by atoms with van der Waals surface area (Å²) in [5.41, 5.74) is 3.48. The Morgan fingerprint density at radius 3 is 2.20 bits per heavy atom. The van der Waals surface area contributed by atoms with Crippen molar-refractivity contribution in [3.63, 3.8) is 0 Å². The fourth-order valence-corrected chi connectivity index (χ4v) is 3.24. The molecule has 0 bridgehead atoms. The van der Waals surface area contributed by atoms with Gasteiger partial charge in [-0.1, -0.05) is 75.1 Å². The van der Waals surface area contributed by atoms with Crippen LogP contribution in [-0.4, -0.2) is 0 Å². The van der Waals surface area contributed by atoms with Crippen molar-refractivity contribution in [2.24, 2.45) is 0 Å². The third-order valence-corrected chi connectivity index (χ3v) is 4.76. The molecule has 0 aromatic heterocycles. The first-order valence-corrected chi connectivity index (χ1v) is 9.16. The van der Waals surface area contributed by atoms with E-state index >= 15 is 0 Å². The molecule has 2 heteroatoms. The summed E-state index contributed by atoms with van der Waals surface area (Å²) in [6.45, 7) is 2.23. The van der Waals surface area contributed by atoms with Crippen LogP contribution in [0.1, 0.15) is 44.6 Å². The molecule has 0 amide bonds. The molecule has 0 radical (unpaired) electrons. The molecule has 3 rings (SSSR count). The average Bonchev–Trinajstić information content (AvgIpc) is 2.65. The minimum atomic E-state index is -0.802. The highest BCUT2D eigenvalue weighted by molar-refractivity contribution is 5.87. The summed E-state index contributed by atoms with van der Waals surface area (Å²) in [6.07, 6.45) is 7.57. The number of aryl methyl sites for hydroxylation is 1. The van der Waals surface area contributed by atoms with Gasteiger partial charge in [0.25, 0.3) is 0 Å². The maximum atomic E-state index is 13.8. The molecule has 3 aromatic carbocycles. The number of rotatable bonds is 7. The van der Waals surface area contributed by atoms with E-state index in [1.165, 1.54) is 43.7 Å². The second-order valence-corrected chi connectivity index (χ2v) is 6.66. The van der Waals surface area contributed by atoms with Gasteiger partial charge in [0.15, 0.2) is 11.6 Å². The number of benzene rings is 3. The first-order chi connectivity index (χ1) is 12.2. The summed E-state index contributed by atoms with van der Waals surface area (Å²) in [5, 5.41) is 1.05.